The third-order valence-corrected chi connectivity index (χ3v) is 7.77. The molecule has 0 saturated heterocycles. The molecule has 0 radical (unpaired) electrons. The smallest absolute Gasteiger partial charge is 0.261 e. The van der Waals surface area contributed by atoms with Crippen LogP contribution in [-0.4, -0.2) is 45.5 Å². The molecule has 0 bridgehead atoms. The van der Waals surface area contributed by atoms with Gasteiger partial charge in [0.2, 0.25) is 0 Å². The Morgan fingerprint density at radius 1 is 1.03 bits per heavy atom. The fourth-order valence-corrected chi connectivity index (χ4v) is 5.46. The summed E-state index contributed by atoms with van der Waals surface area (Å²) in [5.74, 6) is 0.341. The predicted molar refractivity (Wildman–Crippen MR) is 137 cm³/mol. The number of hydrogen-bond donors (Lipinski definition) is 2. The van der Waals surface area contributed by atoms with E-state index in [1.165, 1.54) is 23.3 Å². The van der Waals surface area contributed by atoms with Gasteiger partial charge in [-0.15, -0.1) is 0 Å². The van der Waals surface area contributed by atoms with Crippen LogP contribution in [0, 0.1) is 0 Å². The van der Waals surface area contributed by atoms with Gasteiger partial charge in [-0.25, -0.2) is 8.42 Å². The summed E-state index contributed by atoms with van der Waals surface area (Å²) in [6.45, 7) is 4.44. The molecule has 4 rings (SSSR count). The van der Waals surface area contributed by atoms with Gasteiger partial charge in [0, 0.05) is 36.9 Å². The molecular weight excluding hydrogens is 462 g/mol. The summed E-state index contributed by atoms with van der Waals surface area (Å²) >= 11 is 0. The Hall–Kier alpha value is -3.36. The Morgan fingerprint density at radius 3 is 2.49 bits per heavy atom. The maximum Gasteiger partial charge on any atom is 0.261 e. The van der Waals surface area contributed by atoms with E-state index in [9.17, 15) is 13.2 Å². The first-order valence-electron chi connectivity index (χ1n) is 11.8. The Kier molecular flexibility index (Phi) is 7.73. The van der Waals surface area contributed by atoms with Crippen LogP contribution in [0.4, 0.5) is 5.69 Å². The lowest BCUT2D eigenvalue weighted by molar-refractivity contribution is 0.0926. The number of methoxy groups -OCH3 is 1. The maximum atomic E-state index is 12.9. The van der Waals surface area contributed by atoms with Gasteiger partial charge in [0.05, 0.1) is 12.0 Å². The molecule has 0 aromatic heterocycles. The van der Waals surface area contributed by atoms with Gasteiger partial charge in [0.1, 0.15) is 5.75 Å². The number of benzene rings is 3. The molecule has 8 heteroatoms. The Morgan fingerprint density at radius 2 is 1.77 bits per heavy atom. The highest BCUT2D eigenvalue weighted by Crippen LogP contribution is 2.22. The number of fused-ring (bicyclic) bond motifs is 1. The van der Waals surface area contributed by atoms with Crippen molar-refractivity contribution in [3.8, 4) is 5.75 Å². The van der Waals surface area contributed by atoms with Crippen molar-refractivity contribution in [2.24, 2.45) is 0 Å². The number of carbonyl (C=O) groups is 1. The molecule has 7 nitrogen and oxygen atoms in total. The molecule has 184 valence electrons. The number of hydrogen-bond acceptors (Lipinski definition) is 5. The zero-order valence-corrected chi connectivity index (χ0v) is 20.8. The van der Waals surface area contributed by atoms with Crippen LogP contribution in [0.1, 0.15) is 34.8 Å². The van der Waals surface area contributed by atoms with Crippen LogP contribution in [0.5, 0.6) is 5.75 Å². The quantitative estimate of drug-likeness (QED) is 0.469. The monoisotopic (exact) mass is 493 g/mol. The number of nitrogens with zero attached hydrogens (tertiary/aromatic N) is 1. The van der Waals surface area contributed by atoms with Crippen LogP contribution in [0.2, 0.25) is 0 Å². The van der Waals surface area contributed by atoms with Gasteiger partial charge in [-0.1, -0.05) is 37.3 Å². The standard InChI is InChI=1S/C27H31N3O4S/c1-3-24(30-16-15-20-7-4-5-8-22(20)19-30)18-28-27(31)21-9-6-10-26(17-21)35(32,33)29-23-11-13-25(34-2)14-12-23/h4-14,17,24,29H,3,15-16,18-19H2,1-2H3,(H,28,31). The van der Waals surface area contributed by atoms with Gasteiger partial charge in [0.15, 0.2) is 0 Å². The van der Waals surface area contributed by atoms with Crippen LogP contribution < -0.4 is 14.8 Å². The lowest BCUT2D eigenvalue weighted by Crippen LogP contribution is -2.45. The summed E-state index contributed by atoms with van der Waals surface area (Å²) in [7, 11) is -2.30. The molecule has 0 spiro atoms. The molecular formula is C27H31N3O4S. The molecule has 2 N–H and O–H groups in total. The molecule has 35 heavy (non-hydrogen) atoms. The number of anilines is 1. The van der Waals surface area contributed by atoms with E-state index < -0.39 is 10.0 Å². The van der Waals surface area contributed by atoms with Gasteiger partial charge < -0.3 is 10.1 Å². The molecule has 1 unspecified atom stereocenters. The van der Waals surface area contributed by atoms with Crippen LogP contribution in [-0.2, 0) is 23.0 Å². The fourth-order valence-electron chi connectivity index (χ4n) is 4.35. The van der Waals surface area contributed by atoms with Crippen molar-refractivity contribution in [2.45, 2.75) is 37.2 Å². The summed E-state index contributed by atoms with van der Waals surface area (Å²) in [6.07, 6.45) is 1.91. The minimum Gasteiger partial charge on any atom is -0.497 e. The zero-order valence-electron chi connectivity index (χ0n) is 20.0. The topological polar surface area (TPSA) is 87.7 Å². The predicted octanol–water partition coefficient (Wildman–Crippen LogP) is 4.06. The number of carbonyl (C=O) groups excluding carboxylic acids is 1. The summed E-state index contributed by atoms with van der Waals surface area (Å²) < 4.78 is 33.4. The molecule has 0 saturated carbocycles. The van der Waals surface area contributed by atoms with Crippen LogP contribution in [0.25, 0.3) is 0 Å². The summed E-state index contributed by atoms with van der Waals surface area (Å²) in [5.41, 5.74) is 3.45. The van der Waals surface area contributed by atoms with Crippen molar-refractivity contribution in [1.29, 1.82) is 0 Å². The third-order valence-electron chi connectivity index (χ3n) is 6.39. The fraction of sp³-hybridized carbons (Fsp3) is 0.296. The second-order valence-electron chi connectivity index (χ2n) is 8.62. The number of sulfonamides is 1. The van der Waals surface area contributed by atoms with E-state index in [0.717, 1.165) is 25.9 Å². The normalized spacial score (nSPS) is 14.6. The Labute approximate surface area is 207 Å². The van der Waals surface area contributed by atoms with Crippen LogP contribution in [0.15, 0.2) is 77.7 Å². The number of amides is 1. The molecule has 0 fully saturated rings. The number of nitrogens with one attached hydrogen (secondary N) is 2. The summed E-state index contributed by atoms with van der Waals surface area (Å²) in [4.78, 5) is 15.3. The van der Waals surface area contributed by atoms with E-state index in [-0.39, 0.29) is 16.8 Å². The highest BCUT2D eigenvalue weighted by atomic mass is 32.2. The van der Waals surface area contributed by atoms with Crippen molar-refractivity contribution in [2.75, 3.05) is 24.9 Å². The second kappa shape index (κ2) is 10.9. The molecule has 0 aliphatic carbocycles. The van der Waals surface area contributed by atoms with Crippen molar-refractivity contribution >= 4 is 21.6 Å². The zero-order chi connectivity index (χ0) is 24.8. The van der Waals surface area contributed by atoms with E-state index in [1.807, 2.05) is 0 Å². The van der Waals surface area contributed by atoms with Crippen LogP contribution >= 0.6 is 0 Å². The molecule has 1 aliphatic rings. The van der Waals surface area contributed by atoms with Crippen molar-refractivity contribution in [1.82, 2.24) is 10.2 Å². The van der Waals surface area contributed by atoms with Crippen LogP contribution in [0.3, 0.4) is 0 Å². The maximum absolute atomic E-state index is 12.9. The van der Waals surface area contributed by atoms with E-state index in [4.69, 9.17) is 4.74 Å². The summed E-state index contributed by atoms with van der Waals surface area (Å²) in [6, 6.07) is 21.4. The molecule has 1 aliphatic heterocycles. The van der Waals surface area contributed by atoms with Crippen molar-refractivity contribution < 1.29 is 17.9 Å². The minimum absolute atomic E-state index is 0.0284. The lowest BCUT2D eigenvalue weighted by Gasteiger charge is -2.35. The first-order valence-corrected chi connectivity index (χ1v) is 13.2. The molecule has 3 aromatic carbocycles. The average molecular weight is 494 g/mol. The van der Waals surface area contributed by atoms with Crippen molar-refractivity contribution in [3.63, 3.8) is 0 Å². The summed E-state index contributed by atoms with van der Waals surface area (Å²) in [5, 5.41) is 3.00. The molecule has 3 aromatic rings. The van der Waals surface area contributed by atoms with Gasteiger partial charge >= 0.3 is 0 Å². The van der Waals surface area contributed by atoms with Crippen molar-refractivity contribution in [3.05, 3.63) is 89.5 Å². The minimum atomic E-state index is -3.85. The Bertz CT molecular complexity index is 1280. The van der Waals surface area contributed by atoms with E-state index >= 15 is 0 Å². The van der Waals surface area contributed by atoms with Gasteiger partial charge in [0.25, 0.3) is 15.9 Å². The van der Waals surface area contributed by atoms with E-state index in [2.05, 4.69) is 46.1 Å². The average Bonchev–Trinajstić information content (AvgIpc) is 2.89. The SMILES string of the molecule is CCC(CNC(=O)c1cccc(S(=O)(=O)Nc2ccc(OC)cc2)c1)N1CCc2ccccc2C1. The van der Waals surface area contributed by atoms with E-state index in [0.29, 0.717) is 23.5 Å². The lowest BCUT2D eigenvalue weighted by atomic mass is 9.98. The van der Waals surface area contributed by atoms with Gasteiger partial charge in [-0.2, -0.15) is 0 Å². The Balaban J connectivity index is 1.40. The van der Waals surface area contributed by atoms with E-state index in [1.54, 1.807) is 43.5 Å². The second-order valence-corrected chi connectivity index (χ2v) is 10.3. The first-order chi connectivity index (χ1) is 16.9. The van der Waals surface area contributed by atoms with Gasteiger partial charge in [-0.3, -0.25) is 14.4 Å². The highest BCUT2D eigenvalue weighted by molar-refractivity contribution is 7.92. The number of rotatable bonds is 9. The first kappa shape index (κ1) is 24.8. The third kappa shape index (κ3) is 6.01. The number of ether oxygens (including phenoxy) is 1. The molecule has 1 atom stereocenters. The largest absolute Gasteiger partial charge is 0.497 e. The molecule has 1 heterocycles. The van der Waals surface area contributed by atoms with Gasteiger partial charge in [-0.05, 0) is 66.4 Å². The molecule has 1 amide bonds. The highest BCUT2D eigenvalue weighted by Gasteiger charge is 2.23.